The molecule has 1 aromatic heterocycles. The van der Waals surface area contributed by atoms with E-state index in [4.69, 9.17) is 0 Å². The molecule has 1 atom stereocenters. The third-order valence-electron chi connectivity index (χ3n) is 3.21. The molecule has 1 rings (SSSR count). The van der Waals surface area contributed by atoms with Crippen LogP contribution in [0.3, 0.4) is 0 Å². The molecular formula is C14H28N4O. The van der Waals surface area contributed by atoms with Gasteiger partial charge in [0.15, 0.2) is 0 Å². The number of nitrogens with one attached hydrogen (secondary N) is 1. The summed E-state index contributed by atoms with van der Waals surface area (Å²) in [5.41, 5.74) is 0. The van der Waals surface area contributed by atoms with Gasteiger partial charge in [0.25, 0.3) is 0 Å². The molecule has 0 aliphatic rings. The Hall–Kier alpha value is -0.910. The first-order valence-corrected chi connectivity index (χ1v) is 7.12. The number of aliphatic hydroxyl groups excluding tert-OH is 1. The molecule has 0 aliphatic carbocycles. The first-order chi connectivity index (χ1) is 9.00. The van der Waals surface area contributed by atoms with Crippen LogP contribution in [-0.4, -0.2) is 57.6 Å². The average Bonchev–Trinajstić information content (AvgIpc) is 2.80. The Morgan fingerprint density at radius 3 is 2.47 bits per heavy atom. The quantitative estimate of drug-likeness (QED) is 0.655. The van der Waals surface area contributed by atoms with Crippen LogP contribution in [0, 0.1) is 0 Å². The van der Waals surface area contributed by atoms with Crippen LogP contribution < -0.4 is 5.32 Å². The van der Waals surface area contributed by atoms with Crippen LogP contribution >= 0.6 is 0 Å². The highest BCUT2D eigenvalue weighted by molar-refractivity contribution is 4.78. The summed E-state index contributed by atoms with van der Waals surface area (Å²) in [5, 5.41) is 17.3. The third-order valence-corrected chi connectivity index (χ3v) is 3.21. The van der Waals surface area contributed by atoms with Crippen molar-refractivity contribution < 1.29 is 5.11 Å². The summed E-state index contributed by atoms with van der Waals surface area (Å²) in [7, 11) is 0. The maximum Gasteiger partial charge on any atom is 0.0860 e. The predicted octanol–water partition coefficient (Wildman–Crippen LogP) is 0.952. The number of hydrogen-bond acceptors (Lipinski definition) is 4. The summed E-state index contributed by atoms with van der Waals surface area (Å²) in [6.45, 7) is 11.9. The Morgan fingerprint density at radius 1 is 1.26 bits per heavy atom. The lowest BCUT2D eigenvalue weighted by Crippen LogP contribution is -2.42. The van der Waals surface area contributed by atoms with Crippen molar-refractivity contribution in [2.75, 3.05) is 19.6 Å². The van der Waals surface area contributed by atoms with Crippen molar-refractivity contribution in [3.8, 4) is 0 Å². The maximum atomic E-state index is 9.87. The lowest BCUT2D eigenvalue weighted by atomic mass is 10.2. The number of hydrogen-bond donors (Lipinski definition) is 2. The molecule has 0 saturated carbocycles. The van der Waals surface area contributed by atoms with Gasteiger partial charge in [-0.05, 0) is 33.8 Å². The van der Waals surface area contributed by atoms with Gasteiger partial charge in [-0.25, -0.2) is 0 Å². The minimum absolute atomic E-state index is 0.397. The molecule has 0 bridgehead atoms. The normalized spacial score (nSPS) is 13.7. The zero-order chi connectivity index (χ0) is 14.3. The highest BCUT2D eigenvalue weighted by Crippen LogP contribution is 2.03. The number of aliphatic hydroxyl groups is 1. The van der Waals surface area contributed by atoms with Crippen LogP contribution in [0.1, 0.15) is 27.7 Å². The molecule has 1 unspecified atom stereocenters. The Labute approximate surface area is 116 Å². The van der Waals surface area contributed by atoms with Gasteiger partial charge in [0.2, 0.25) is 0 Å². The Bertz CT molecular complexity index is 316. The van der Waals surface area contributed by atoms with Gasteiger partial charge in [-0.1, -0.05) is 0 Å². The highest BCUT2D eigenvalue weighted by atomic mass is 16.3. The summed E-state index contributed by atoms with van der Waals surface area (Å²) in [6.07, 6.45) is 3.19. The fourth-order valence-corrected chi connectivity index (χ4v) is 2.28. The molecule has 2 N–H and O–H groups in total. The fourth-order valence-electron chi connectivity index (χ4n) is 2.28. The molecule has 19 heavy (non-hydrogen) atoms. The summed E-state index contributed by atoms with van der Waals surface area (Å²) in [4.78, 5) is 2.44. The zero-order valence-electron chi connectivity index (χ0n) is 12.6. The minimum Gasteiger partial charge on any atom is -0.390 e. The van der Waals surface area contributed by atoms with Crippen LogP contribution in [0.25, 0.3) is 0 Å². The molecule has 0 radical (unpaired) electrons. The van der Waals surface area contributed by atoms with Gasteiger partial charge >= 0.3 is 0 Å². The van der Waals surface area contributed by atoms with E-state index in [0.717, 1.165) is 13.1 Å². The topological polar surface area (TPSA) is 53.3 Å². The molecule has 0 fully saturated rings. The Balaban J connectivity index is 2.16. The summed E-state index contributed by atoms with van der Waals surface area (Å²) < 4.78 is 1.75. The summed E-state index contributed by atoms with van der Waals surface area (Å²) in [6, 6.07) is 2.97. The molecule has 1 aromatic rings. The maximum absolute atomic E-state index is 9.87. The Kier molecular flexibility index (Phi) is 7.05. The molecule has 110 valence electrons. The van der Waals surface area contributed by atoms with E-state index in [2.05, 4.69) is 43.0 Å². The summed E-state index contributed by atoms with van der Waals surface area (Å²) in [5.74, 6) is 0. The number of rotatable bonds is 9. The standard InChI is InChI=1S/C14H28N4O/c1-12(2)18(13(3)4)9-7-15-10-14(19)11-17-8-5-6-16-17/h5-6,8,12-15,19H,7,9-11H2,1-4H3. The van der Waals surface area contributed by atoms with Gasteiger partial charge in [0.1, 0.15) is 0 Å². The lowest BCUT2D eigenvalue weighted by Gasteiger charge is -2.30. The molecule has 0 spiro atoms. The highest BCUT2D eigenvalue weighted by Gasteiger charge is 2.12. The third kappa shape index (κ3) is 6.18. The van der Waals surface area contributed by atoms with E-state index in [1.54, 1.807) is 10.9 Å². The van der Waals surface area contributed by atoms with E-state index in [9.17, 15) is 5.11 Å². The molecule has 0 aromatic carbocycles. The minimum atomic E-state index is -0.397. The van der Waals surface area contributed by atoms with Gasteiger partial charge < -0.3 is 10.4 Å². The van der Waals surface area contributed by atoms with Crippen molar-refractivity contribution >= 4 is 0 Å². The van der Waals surface area contributed by atoms with Crippen molar-refractivity contribution in [1.29, 1.82) is 0 Å². The molecule has 1 heterocycles. The fraction of sp³-hybridized carbons (Fsp3) is 0.786. The SMILES string of the molecule is CC(C)N(CCNCC(O)Cn1cccn1)C(C)C. The second-order valence-electron chi connectivity index (χ2n) is 5.51. The average molecular weight is 268 g/mol. The van der Waals surface area contributed by atoms with Crippen molar-refractivity contribution in [1.82, 2.24) is 20.0 Å². The van der Waals surface area contributed by atoms with E-state index in [-0.39, 0.29) is 0 Å². The first kappa shape index (κ1) is 16.1. The number of aromatic nitrogens is 2. The largest absolute Gasteiger partial charge is 0.390 e. The van der Waals surface area contributed by atoms with E-state index < -0.39 is 6.10 Å². The van der Waals surface area contributed by atoms with Crippen LogP contribution in [0.2, 0.25) is 0 Å². The van der Waals surface area contributed by atoms with E-state index in [1.165, 1.54) is 0 Å². The molecule has 5 heteroatoms. The lowest BCUT2D eigenvalue weighted by molar-refractivity contribution is 0.139. The number of nitrogens with zero attached hydrogens (tertiary/aromatic N) is 3. The Morgan fingerprint density at radius 2 is 1.95 bits per heavy atom. The van der Waals surface area contributed by atoms with Crippen LogP contribution in [0.4, 0.5) is 0 Å². The van der Waals surface area contributed by atoms with Crippen LogP contribution in [0.5, 0.6) is 0 Å². The molecule has 0 aliphatic heterocycles. The zero-order valence-corrected chi connectivity index (χ0v) is 12.6. The second kappa shape index (κ2) is 8.30. The van der Waals surface area contributed by atoms with Crippen molar-refractivity contribution in [2.45, 2.75) is 52.4 Å². The predicted molar refractivity (Wildman–Crippen MR) is 78.1 cm³/mol. The van der Waals surface area contributed by atoms with E-state index >= 15 is 0 Å². The van der Waals surface area contributed by atoms with Crippen LogP contribution in [0.15, 0.2) is 18.5 Å². The van der Waals surface area contributed by atoms with Crippen molar-refractivity contribution in [3.05, 3.63) is 18.5 Å². The molecular weight excluding hydrogens is 240 g/mol. The molecule has 0 amide bonds. The molecule has 5 nitrogen and oxygen atoms in total. The smallest absolute Gasteiger partial charge is 0.0860 e. The van der Waals surface area contributed by atoms with Crippen molar-refractivity contribution in [2.24, 2.45) is 0 Å². The summed E-state index contributed by atoms with van der Waals surface area (Å²) >= 11 is 0. The van der Waals surface area contributed by atoms with Crippen molar-refractivity contribution in [3.63, 3.8) is 0 Å². The van der Waals surface area contributed by atoms with E-state index in [0.29, 0.717) is 25.2 Å². The van der Waals surface area contributed by atoms with Gasteiger partial charge in [-0.3, -0.25) is 9.58 Å². The van der Waals surface area contributed by atoms with Gasteiger partial charge in [-0.2, -0.15) is 5.10 Å². The second-order valence-corrected chi connectivity index (χ2v) is 5.51. The monoisotopic (exact) mass is 268 g/mol. The van der Waals surface area contributed by atoms with Crippen LogP contribution in [-0.2, 0) is 6.54 Å². The van der Waals surface area contributed by atoms with Gasteiger partial charge in [-0.15, -0.1) is 0 Å². The van der Waals surface area contributed by atoms with Gasteiger partial charge in [0, 0.05) is 44.1 Å². The molecule has 0 saturated heterocycles. The van der Waals surface area contributed by atoms with Gasteiger partial charge in [0.05, 0.1) is 12.6 Å². The first-order valence-electron chi connectivity index (χ1n) is 7.12. The van der Waals surface area contributed by atoms with E-state index in [1.807, 2.05) is 12.3 Å².